The molecule has 0 radical (unpaired) electrons. The summed E-state index contributed by atoms with van der Waals surface area (Å²) in [6, 6.07) is 3.80. The number of rotatable bonds is 4. The molecule has 4 aromatic heterocycles. The Kier molecular flexibility index (Phi) is 3.85. The third-order valence-corrected chi connectivity index (χ3v) is 4.81. The number of aromatic nitrogens is 7. The molecule has 8 nitrogen and oxygen atoms in total. The Morgan fingerprint density at radius 2 is 2.00 bits per heavy atom. The van der Waals surface area contributed by atoms with E-state index in [9.17, 15) is 0 Å². The molecular weight excluding hydrogens is 336 g/mol. The van der Waals surface area contributed by atoms with Crippen molar-refractivity contribution < 1.29 is 0 Å². The lowest BCUT2D eigenvalue weighted by molar-refractivity contribution is 0.785. The van der Waals surface area contributed by atoms with Crippen molar-refractivity contribution in [2.45, 2.75) is 13.5 Å². The fourth-order valence-electron chi connectivity index (χ4n) is 2.61. The molecule has 0 aliphatic rings. The largest absolute Gasteiger partial charge is 0.354 e. The summed E-state index contributed by atoms with van der Waals surface area (Å²) in [7, 11) is 3.89. The molecule has 25 heavy (non-hydrogen) atoms. The molecule has 0 aliphatic carbocycles. The molecule has 4 aromatic rings. The lowest BCUT2D eigenvalue weighted by atomic mass is 10.2. The van der Waals surface area contributed by atoms with E-state index in [4.69, 9.17) is 4.98 Å². The van der Waals surface area contributed by atoms with Crippen molar-refractivity contribution in [1.29, 1.82) is 0 Å². The molecule has 0 aliphatic heterocycles. The average Bonchev–Trinajstić information content (AvgIpc) is 3.21. The lowest BCUT2D eigenvalue weighted by Gasteiger charge is -2.19. The highest BCUT2D eigenvalue weighted by Crippen LogP contribution is 2.28. The lowest BCUT2D eigenvalue weighted by Crippen LogP contribution is -2.18. The molecule has 9 heteroatoms. The third-order valence-electron chi connectivity index (χ3n) is 4.00. The van der Waals surface area contributed by atoms with Crippen molar-refractivity contribution in [3.8, 4) is 11.4 Å². The molecule has 0 unspecified atom stereocenters. The zero-order chi connectivity index (χ0) is 17.4. The molecular formula is C16H16N8S. The number of pyridine rings is 1. The summed E-state index contributed by atoms with van der Waals surface area (Å²) in [6.45, 7) is 2.65. The van der Waals surface area contributed by atoms with Crippen LogP contribution >= 0.6 is 11.5 Å². The smallest absolute Gasteiger partial charge is 0.164 e. The Hall–Kier alpha value is -2.94. The zero-order valence-electron chi connectivity index (χ0n) is 14.1. The SMILES string of the molecule is Cc1nnsc1CN(C)c1nc(-c2ccncc2)nc2c1cnn2C. The van der Waals surface area contributed by atoms with Crippen molar-refractivity contribution in [3.63, 3.8) is 0 Å². The van der Waals surface area contributed by atoms with E-state index in [1.54, 1.807) is 23.3 Å². The number of aryl methyl sites for hydroxylation is 2. The standard InChI is InChI=1S/C16H16N8S/c1-10-13(25-22-21-10)9-23(2)15-12-8-18-24(3)16(12)20-14(19-15)11-4-6-17-7-5-11/h4-8H,9H2,1-3H3. The molecule has 0 bridgehead atoms. The van der Waals surface area contributed by atoms with Gasteiger partial charge in [-0.2, -0.15) is 5.10 Å². The minimum atomic E-state index is 0.652. The topological polar surface area (TPSA) is 85.5 Å². The molecule has 4 rings (SSSR count). The first-order chi connectivity index (χ1) is 12.1. The van der Waals surface area contributed by atoms with Crippen molar-refractivity contribution in [2.75, 3.05) is 11.9 Å². The highest BCUT2D eigenvalue weighted by molar-refractivity contribution is 7.05. The van der Waals surface area contributed by atoms with Crippen LogP contribution < -0.4 is 4.90 Å². The van der Waals surface area contributed by atoms with Gasteiger partial charge in [-0.15, -0.1) is 5.10 Å². The van der Waals surface area contributed by atoms with Crippen molar-refractivity contribution >= 4 is 28.4 Å². The summed E-state index contributed by atoms with van der Waals surface area (Å²) in [5.41, 5.74) is 2.66. The molecule has 0 atom stereocenters. The van der Waals surface area contributed by atoms with Gasteiger partial charge in [0.05, 0.1) is 28.7 Å². The molecule has 0 N–H and O–H groups in total. The van der Waals surface area contributed by atoms with Crippen LogP contribution in [0.1, 0.15) is 10.6 Å². The minimum absolute atomic E-state index is 0.652. The minimum Gasteiger partial charge on any atom is -0.354 e. The number of hydrogen-bond acceptors (Lipinski definition) is 8. The molecule has 4 heterocycles. The maximum absolute atomic E-state index is 4.79. The Balaban J connectivity index is 1.83. The molecule has 126 valence electrons. The van der Waals surface area contributed by atoms with Crippen LogP contribution in [-0.4, -0.2) is 41.4 Å². The van der Waals surface area contributed by atoms with Crippen LogP contribution in [0.15, 0.2) is 30.7 Å². The summed E-state index contributed by atoms with van der Waals surface area (Å²) in [5.74, 6) is 1.48. The maximum atomic E-state index is 4.79. The number of nitrogens with zero attached hydrogens (tertiary/aromatic N) is 8. The van der Waals surface area contributed by atoms with Gasteiger partial charge in [0.15, 0.2) is 11.5 Å². The monoisotopic (exact) mass is 352 g/mol. The van der Waals surface area contributed by atoms with Gasteiger partial charge >= 0.3 is 0 Å². The summed E-state index contributed by atoms with van der Waals surface area (Å²) in [6.07, 6.45) is 5.28. The van der Waals surface area contributed by atoms with E-state index in [-0.39, 0.29) is 0 Å². The van der Waals surface area contributed by atoms with E-state index in [2.05, 4.69) is 29.6 Å². The van der Waals surface area contributed by atoms with E-state index in [0.29, 0.717) is 12.4 Å². The van der Waals surface area contributed by atoms with Gasteiger partial charge in [0, 0.05) is 32.1 Å². The van der Waals surface area contributed by atoms with Gasteiger partial charge < -0.3 is 4.90 Å². The van der Waals surface area contributed by atoms with E-state index in [1.807, 2.05) is 33.2 Å². The first kappa shape index (κ1) is 15.6. The first-order valence-electron chi connectivity index (χ1n) is 7.72. The highest BCUT2D eigenvalue weighted by Gasteiger charge is 2.17. The van der Waals surface area contributed by atoms with E-state index >= 15 is 0 Å². The second-order valence-corrected chi connectivity index (χ2v) is 6.59. The van der Waals surface area contributed by atoms with Gasteiger partial charge in [0.2, 0.25) is 0 Å². The number of fused-ring (bicyclic) bond motifs is 1. The second-order valence-electron chi connectivity index (χ2n) is 5.75. The van der Waals surface area contributed by atoms with Gasteiger partial charge in [0.1, 0.15) is 5.82 Å². The predicted octanol–water partition coefficient (Wildman–Crippen LogP) is 2.22. The molecule has 0 aromatic carbocycles. The summed E-state index contributed by atoms with van der Waals surface area (Å²) >= 11 is 1.41. The zero-order valence-corrected chi connectivity index (χ0v) is 14.9. The fraction of sp³-hybridized carbons (Fsp3) is 0.250. The average molecular weight is 352 g/mol. The Morgan fingerprint density at radius 3 is 2.72 bits per heavy atom. The molecule has 0 saturated carbocycles. The van der Waals surface area contributed by atoms with Crippen LogP contribution in [0.5, 0.6) is 0 Å². The van der Waals surface area contributed by atoms with Crippen LogP contribution in [0.2, 0.25) is 0 Å². The molecule has 0 spiro atoms. The molecule has 0 fully saturated rings. The van der Waals surface area contributed by atoms with Crippen LogP contribution in [-0.2, 0) is 13.6 Å². The summed E-state index contributed by atoms with van der Waals surface area (Å²) < 4.78 is 5.77. The maximum Gasteiger partial charge on any atom is 0.164 e. The van der Waals surface area contributed by atoms with Gasteiger partial charge in [0.25, 0.3) is 0 Å². The molecule has 0 saturated heterocycles. The van der Waals surface area contributed by atoms with E-state index in [1.165, 1.54) is 11.5 Å². The normalized spacial score (nSPS) is 11.2. The Bertz CT molecular complexity index is 1020. The van der Waals surface area contributed by atoms with Gasteiger partial charge in [-0.1, -0.05) is 4.49 Å². The van der Waals surface area contributed by atoms with Crippen LogP contribution in [0, 0.1) is 6.92 Å². The Morgan fingerprint density at radius 1 is 1.20 bits per heavy atom. The third kappa shape index (κ3) is 2.82. The number of hydrogen-bond donors (Lipinski definition) is 0. The van der Waals surface area contributed by atoms with Crippen molar-refractivity contribution in [2.24, 2.45) is 7.05 Å². The van der Waals surface area contributed by atoms with Crippen LogP contribution in [0.4, 0.5) is 5.82 Å². The van der Waals surface area contributed by atoms with Crippen LogP contribution in [0.3, 0.4) is 0 Å². The second kappa shape index (κ2) is 6.17. The highest BCUT2D eigenvalue weighted by atomic mass is 32.1. The van der Waals surface area contributed by atoms with Crippen molar-refractivity contribution in [3.05, 3.63) is 41.3 Å². The quantitative estimate of drug-likeness (QED) is 0.556. The van der Waals surface area contributed by atoms with E-state index in [0.717, 1.165) is 33.0 Å². The molecule has 0 amide bonds. The number of anilines is 1. The van der Waals surface area contributed by atoms with Crippen molar-refractivity contribution in [1.82, 2.24) is 34.3 Å². The predicted molar refractivity (Wildman–Crippen MR) is 96.3 cm³/mol. The van der Waals surface area contributed by atoms with Gasteiger partial charge in [-0.3, -0.25) is 9.67 Å². The fourth-order valence-corrected chi connectivity index (χ4v) is 3.30. The first-order valence-corrected chi connectivity index (χ1v) is 8.50. The van der Waals surface area contributed by atoms with Gasteiger partial charge in [-0.25, -0.2) is 9.97 Å². The summed E-state index contributed by atoms with van der Waals surface area (Å²) in [4.78, 5) is 16.7. The van der Waals surface area contributed by atoms with E-state index < -0.39 is 0 Å². The summed E-state index contributed by atoms with van der Waals surface area (Å²) in [5, 5.41) is 9.34. The Labute approximate surface area is 148 Å². The van der Waals surface area contributed by atoms with Gasteiger partial charge in [-0.05, 0) is 30.6 Å². The van der Waals surface area contributed by atoms with Crippen LogP contribution in [0.25, 0.3) is 22.4 Å².